The van der Waals surface area contributed by atoms with Gasteiger partial charge in [-0.3, -0.25) is 53.8 Å². The van der Waals surface area contributed by atoms with E-state index < -0.39 is 43.6 Å². The summed E-state index contributed by atoms with van der Waals surface area (Å²) in [5.41, 5.74) is 0.364. The summed E-state index contributed by atoms with van der Waals surface area (Å²) in [6, 6.07) is 14.1. The molecular formula is C33H32N6O11S. The first-order valence-electron chi connectivity index (χ1n) is 15.5. The van der Waals surface area contributed by atoms with Gasteiger partial charge < -0.3 is 10.6 Å². The number of hydrogen-bond donors (Lipinski definition) is 3. The van der Waals surface area contributed by atoms with Crippen LogP contribution < -0.4 is 10.6 Å². The summed E-state index contributed by atoms with van der Waals surface area (Å²) in [5.74, 6) is -2.15. The molecule has 2 aliphatic heterocycles. The number of nitro groups is 2. The maximum Gasteiger partial charge on any atom is 0.270 e. The molecule has 2 aliphatic rings. The van der Waals surface area contributed by atoms with Gasteiger partial charge in [0.15, 0.2) is 0 Å². The van der Waals surface area contributed by atoms with E-state index in [0.717, 1.165) is 9.80 Å². The number of nitrogens with zero attached hydrogens (tertiary/aromatic N) is 4. The van der Waals surface area contributed by atoms with E-state index in [-0.39, 0.29) is 47.7 Å². The Morgan fingerprint density at radius 1 is 0.667 bits per heavy atom. The first-order chi connectivity index (χ1) is 24.0. The molecule has 0 saturated heterocycles. The molecule has 4 aromatic carbocycles. The highest BCUT2D eigenvalue weighted by molar-refractivity contribution is 7.85. The predicted octanol–water partition coefficient (Wildman–Crippen LogP) is 3.16. The standard InChI is InChI=1S/C32H28N6O8.CH4O3S/c1-17(15-35-29(39)23-7-3-5-19-11-21(37(43)44)13-25(27(19)23)31(35)41)33-9-10-34-18(2)16-36-30(40)24-8-4-6-20-12-22(38(45)46)14-26(28(20)24)32(36)42;1-5(2,3)4/h3-8,11-14,17-18,33-34H,9-10,15-16H2,1-2H3;1H3,(H,2,3,4). The summed E-state index contributed by atoms with van der Waals surface area (Å²) in [7, 11) is -3.67. The largest absolute Gasteiger partial charge is 0.311 e. The minimum absolute atomic E-state index is 0.0274. The van der Waals surface area contributed by atoms with Crippen LogP contribution in [0.15, 0.2) is 60.7 Å². The smallest absolute Gasteiger partial charge is 0.270 e. The minimum Gasteiger partial charge on any atom is -0.311 e. The fourth-order valence-electron chi connectivity index (χ4n) is 6.14. The van der Waals surface area contributed by atoms with Crippen LogP contribution >= 0.6 is 0 Å². The second-order valence-corrected chi connectivity index (χ2v) is 13.7. The highest BCUT2D eigenvalue weighted by Crippen LogP contribution is 2.35. The average molecular weight is 721 g/mol. The lowest BCUT2D eigenvalue weighted by molar-refractivity contribution is -0.384. The lowest BCUT2D eigenvalue weighted by Crippen LogP contribution is -2.50. The van der Waals surface area contributed by atoms with Gasteiger partial charge in [-0.2, -0.15) is 8.42 Å². The van der Waals surface area contributed by atoms with Gasteiger partial charge in [0.2, 0.25) is 0 Å². The molecule has 17 nitrogen and oxygen atoms in total. The van der Waals surface area contributed by atoms with Gasteiger partial charge in [-0.15, -0.1) is 0 Å². The van der Waals surface area contributed by atoms with Gasteiger partial charge in [0.25, 0.3) is 45.1 Å². The van der Waals surface area contributed by atoms with Gasteiger partial charge in [0.1, 0.15) is 0 Å². The fraction of sp³-hybridized carbons (Fsp3) is 0.273. The summed E-state index contributed by atoms with van der Waals surface area (Å²) in [5, 5.41) is 31.1. The van der Waals surface area contributed by atoms with Crippen molar-refractivity contribution in [3.8, 4) is 0 Å². The monoisotopic (exact) mass is 720 g/mol. The van der Waals surface area contributed by atoms with E-state index in [4.69, 9.17) is 4.55 Å². The van der Waals surface area contributed by atoms with Crippen LogP contribution in [0.4, 0.5) is 11.4 Å². The molecule has 0 aliphatic carbocycles. The maximum atomic E-state index is 13.3. The van der Waals surface area contributed by atoms with Crippen molar-refractivity contribution in [3.63, 3.8) is 0 Å². The Morgan fingerprint density at radius 2 is 1.00 bits per heavy atom. The summed E-state index contributed by atoms with van der Waals surface area (Å²) in [4.78, 5) is 77.1. The van der Waals surface area contributed by atoms with E-state index in [0.29, 0.717) is 52.0 Å². The number of nitro benzene ring substituents is 2. The predicted molar refractivity (Wildman–Crippen MR) is 184 cm³/mol. The molecule has 6 rings (SSSR count). The van der Waals surface area contributed by atoms with Gasteiger partial charge in [0, 0.05) is 84.4 Å². The Morgan fingerprint density at radius 3 is 1.33 bits per heavy atom. The van der Waals surface area contributed by atoms with E-state index in [1.165, 1.54) is 24.3 Å². The number of hydrogen-bond acceptors (Lipinski definition) is 12. The first-order valence-corrected chi connectivity index (χ1v) is 17.3. The molecule has 0 aromatic heterocycles. The topological polar surface area (TPSA) is 239 Å². The van der Waals surface area contributed by atoms with Crippen molar-refractivity contribution in [1.29, 1.82) is 0 Å². The molecule has 2 unspecified atom stereocenters. The van der Waals surface area contributed by atoms with Gasteiger partial charge >= 0.3 is 0 Å². The van der Waals surface area contributed by atoms with Gasteiger partial charge in [0.05, 0.1) is 27.2 Å². The molecule has 51 heavy (non-hydrogen) atoms. The van der Waals surface area contributed by atoms with Crippen LogP contribution in [-0.4, -0.2) is 101 Å². The molecule has 2 atom stereocenters. The molecule has 18 heteroatoms. The Balaban J connectivity index is 0.000000943. The van der Waals surface area contributed by atoms with E-state index in [1.54, 1.807) is 50.2 Å². The van der Waals surface area contributed by atoms with Crippen LogP contribution in [0, 0.1) is 20.2 Å². The van der Waals surface area contributed by atoms with Crippen LogP contribution in [-0.2, 0) is 10.1 Å². The van der Waals surface area contributed by atoms with Crippen LogP contribution in [0.5, 0.6) is 0 Å². The molecule has 2 heterocycles. The normalized spacial score (nSPS) is 15.1. The zero-order chi connectivity index (χ0) is 37.4. The highest BCUT2D eigenvalue weighted by atomic mass is 32.2. The number of carbonyl (C=O) groups excluding carboxylic acids is 4. The van der Waals surface area contributed by atoms with Crippen LogP contribution in [0.3, 0.4) is 0 Å². The molecule has 4 aromatic rings. The molecule has 266 valence electrons. The van der Waals surface area contributed by atoms with Gasteiger partial charge in [-0.1, -0.05) is 24.3 Å². The quantitative estimate of drug-likeness (QED) is 0.0664. The SMILES string of the molecule is CC(CN1C(=O)c2cccc3cc([N+](=O)[O-])cc(c23)C1=O)NCCNC(C)CN1C(=O)c2cccc3cc([N+](=O)[O-])cc(c23)C1=O.CS(=O)(=O)O. The van der Waals surface area contributed by atoms with E-state index in [9.17, 15) is 47.8 Å². The lowest BCUT2D eigenvalue weighted by atomic mass is 9.93. The summed E-state index contributed by atoms with van der Waals surface area (Å²) >= 11 is 0. The van der Waals surface area contributed by atoms with Crippen molar-refractivity contribution in [2.75, 3.05) is 32.4 Å². The van der Waals surface area contributed by atoms with Gasteiger partial charge in [-0.05, 0) is 36.8 Å². The number of rotatable bonds is 11. The van der Waals surface area contributed by atoms with Crippen molar-refractivity contribution in [2.24, 2.45) is 0 Å². The number of carbonyl (C=O) groups is 4. The Kier molecular flexibility index (Phi) is 10.2. The maximum absolute atomic E-state index is 13.3. The number of non-ortho nitro benzene ring substituents is 2. The first kappa shape index (κ1) is 36.6. The molecule has 0 saturated carbocycles. The molecule has 0 radical (unpaired) electrons. The third kappa shape index (κ3) is 7.73. The van der Waals surface area contributed by atoms with Crippen molar-refractivity contribution in [2.45, 2.75) is 25.9 Å². The Labute approximate surface area is 290 Å². The second-order valence-electron chi connectivity index (χ2n) is 12.2. The van der Waals surface area contributed by atoms with Crippen LogP contribution in [0.25, 0.3) is 21.5 Å². The number of amides is 4. The zero-order valence-corrected chi connectivity index (χ0v) is 28.3. The minimum atomic E-state index is -3.67. The molecule has 4 amide bonds. The summed E-state index contributed by atoms with van der Waals surface area (Å²) in [6.45, 7) is 4.48. The van der Waals surface area contributed by atoms with Crippen molar-refractivity contribution < 1.29 is 42.0 Å². The van der Waals surface area contributed by atoms with E-state index in [2.05, 4.69) is 10.6 Å². The van der Waals surface area contributed by atoms with Crippen molar-refractivity contribution >= 4 is 66.7 Å². The zero-order valence-electron chi connectivity index (χ0n) is 27.5. The van der Waals surface area contributed by atoms with Gasteiger partial charge in [-0.25, -0.2) is 0 Å². The third-order valence-corrected chi connectivity index (χ3v) is 8.27. The molecule has 3 N–H and O–H groups in total. The number of imide groups is 2. The molecule has 0 bridgehead atoms. The van der Waals surface area contributed by atoms with Crippen molar-refractivity contribution in [3.05, 3.63) is 103 Å². The highest BCUT2D eigenvalue weighted by Gasteiger charge is 2.36. The Bertz CT molecular complexity index is 2110. The lowest BCUT2D eigenvalue weighted by Gasteiger charge is -2.30. The average Bonchev–Trinajstić information content (AvgIpc) is 3.06. The van der Waals surface area contributed by atoms with Crippen molar-refractivity contribution in [1.82, 2.24) is 20.4 Å². The van der Waals surface area contributed by atoms with Crippen LogP contribution in [0.1, 0.15) is 55.3 Å². The summed E-state index contributed by atoms with van der Waals surface area (Å²) < 4.78 is 25.9. The van der Waals surface area contributed by atoms with E-state index >= 15 is 0 Å². The number of nitrogens with one attached hydrogen (secondary N) is 2. The molecular weight excluding hydrogens is 688 g/mol. The third-order valence-electron chi connectivity index (χ3n) is 8.27. The second kappa shape index (κ2) is 14.3. The summed E-state index contributed by atoms with van der Waals surface area (Å²) in [6.07, 6.45) is 0.715. The number of benzene rings is 4. The van der Waals surface area contributed by atoms with E-state index in [1.807, 2.05) is 0 Å². The fourth-order valence-corrected chi connectivity index (χ4v) is 6.14. The van der Waals surface area contributed by atoms with Crippen LogP contribution in [0.2, 0.25) is 0 Å². The molecule has 0 spiro atoms. The molecule has 0 fully saturated rings. The Hall–Kier alpha value is -5.69.